The maximum Gasteiger partial charge on any atom is 0.142 e. The number of fused-ring (bicyclic) bond motifs is 6. The fourth-order valence-corrected chi connectivity index (χ4v) is 5.35. The van der Waals surface area contributed by atoms with Gasteiger partial charge in [0, 0.05) is 11.1 Å². The highest BCUT2D eigenvalue weighted by Gasteiger charge is 2.49. The molecule has 6 rings (SSSR count). The summed E-state index contributed by atoms with van der Waals surface area (Å²) in [5.74, 6) is 1.99. The van der Waals surface area contributed by atoms with Gasteiger partial charge in [0.05, 0.1) is 26.7 Å². The molecule has 2 aromatic carbocycles. The molecule has 2 heteroatoms. The summed E-state index contributed by atoms with van der Waals surface area (Å²) in [4.78, 5) is 0. The van der Waals surface area contributed by atoms with Crippen LogP contribution in [0.2, 0.25) is 0 Å². The van der Waals surface area contributed by atoms with Gasteiger partial charge >= 0.3 is 0 Å². The number of hydrogen-bond acceptors (Lipinski definition) is 1. The van der Waals surface area contributed by atoms with Crippen LogP contribution in [0.3, 0.4) is 0 Å². The molecule has 2 aromatic rings. The Hall–Kier alpha value is -1.80. The Morgan fingerprint density at radius 3 is 2.30 bits per heavy atom. The number of benzene rings is 2. The summed E-state index contributed by atoms with van der Waals surface area (Å²) in [6, 6.07) is 16.2. The first-order valence-electron chi connectivity index (χ1n) is 8.94. The Bertz CT molecular complexity index is 744. The van der Waals surface area contributed by atoms with Crippen molar-refractivity contribution in [1.82, 2.24) is 0 Å². The Morgan fingerprint density at radius 2 is 1.57 bits per heavy atom. The molecule has 1 atom stereocenters. The van der Waals surface area contributed by atoms with Crippen molar-refractivity contribution < 1.29 is 9.22 Å². The van der Waals surface area contributed by atoms with Gasteiger partial charge in [0.1, 0.15) is 11.8 Å². The van der Waals surface area contributed by atoms with Crippen molar-refractivity contribution in [2.75, 3.05) is 26.7 Å². The highest BCUT2D eigenvalue weighted by molar-refractivity contribution is 5.78. The third kappa shape index (κ3) is 1.85. The van der Waals surface area contributed by atoms with E-state index in [2.05, 4.69) is 42.5 Å². The number of piperidine rings is 3. The standard InChI is InChI=1S/C21H24NO/c1-23-16-6-7-18-17-4-2-3-5-19(17)21(20(18)14-16)22-11-8-15(9-12-22)10-13-22/h2-7,14-15,21H,8-13H2,1H3/q+1. The molecule has 3 heterocycles. The zero-order chi connectivity index (χ0) is 15.4. The van der Waals surface area contributed by atoms with Crippen LogP contribution in [0.5, 0.6) is 5.75 Å². The van der Waals surface area contributed by atoms with E-state index in [0.717, 1.165) is 11.7 Å². The average Bonchev–Trinajstić information content (AvgIpc) is 2.97. The van der Waals surface area contributed by atoms with Crippen molar-refractivity contribution in [2.24, 2.45) is 5.92 Å². The summed E-state index contributed by atoms with van der Waals surface area (Å²) in [7, 11) is 1.78. The Balaban J connectivity index is 1.71. The van der Waals surface area contributed by atoms with Gasteiger partial charge < -0.3 is 9.22 Å². The molecule has 1 aliphatic carbocycles. The number of ether oxygens (including phenoxy) is 1. The van der Waals surface area contributed by atoms with E-state index >= 15 is 0 Å². The van der Waals surface area contributed by atoms with Gasteiger partial charge in [0.15, 0.2) is 0 Å². The number of quaternary nitrogens is 1. The SMILES string of the molecule is COc1ccc2c(c1)C([N+]13CCC(CC1)CC3)c1ccccc1-2. The van der Waals surface area contributed by atoms with Crippen LogP contribution in [0, 0.1) is 5.92 Å². The first-order chi connectivity index (χ1) is 11.3. The smallest absolute Gasteiger partial charge is 0.142 e. The molecule has 2 nitrogen and oxygen atoms in total. The molecule has 2 bridgehead atoms. The zero-order valence-corrected chi connectivity index (χ0v) is 13.8. The third-order valence-electron chi connectivity index (χ3n) is 6.59. The highest BCUT2D eigenvalue weighted by atomic mass is 16.5. The predicted molar refractivity (Wildman–Crippen MR) is 92.5 cm³/mol. The maximum atomic E-state index is 5.54. The number of nitrogens with zero attached hydrogens (tertiary/aromatic N) is 1. The first-order valence-corrected chi connectivity index (χ1v) is 8.94. The van der Waals surface area contributed by atoms with E-state index in [1.54, 1.807) is 7.11 Å². The van der Waals surface area contributed by atoms with Crippen LogP contribution in [0.15, 0.2) is 42.5 Å². The lowest BCUT2D eigenvalue weighted by molar-refractivity contribution is -0.965. The van der Waals surface area contributed by atoms with Gasteiger partial charge in [-0.25, -0.2) is 0 Å². The highest BCUT2D eigenvalue weighted by Crippen LogP contribution is 2.53. The van der Waals surface area contributed by atoms with Crippen LogP contribution in [-0.4, -0.2) is 31.2 Å². The molecule has 0 spiro atoms. The molecule has 0 amide bonds. The Morgan fingerprint density at radius 1 is 0.870 bits per heavy atom. The summed E-state index contributed by atoms with van der Waals surface area (Å²) < 4.78 is 6.81. The molecule has 0 radical (unpaired) electrons. The second-order valence-corrected chi connectivity index (χ2v) is 7.56. The van der Waals surface area contributed by atoms with Crippen LogP contribution >= 0.6 is 0 Å². The van der Waals surface area contributed by atoms with Crippen LogP contribution < -0.4 is 4.74 Å². The Kier molecular flexibility index (Phi) is 2.87. The summed E-state index contributed by atoms with van der Waals surface area (Å²) in [5.41, 5.74) is 5.89. The van der Waals surface area contributed by atoms with E-state index in [9.17, 15) is 0 Å². The minimum Gasteiger partial charge on any atom is -0.497 e. The van der Waals surface area contributed by atoms with Gasteiger partial charge in [0.25, 0.3) is 0 Å². The average molecular weight is 306 g/mol. The molecule has 23 heavy (non-hydrogen) atoms. The minimum atomic E-state index is 0.512. The van der Waals surface area contributed by atoms with Crippen molar-refractivity contribution in [2.45, 2.75) is 25.3 Å². The minimum absolute atomic E-state index is 0.512. The van der Waals surface area contributed by atoms with Crippen molar-refractivity contribution in [3.63, 3.8) is 0 Å². The third-order valence-corrected chi connectivity index (χ3v) is 6.59. The molecule has 3 saturated heterocycles. The van der Waals surface area contributed by atoms with E-state index in [-0.39, 0.29) is 0 Å². The summed E-state index contributed by atoms with van der Waals surface area (Å²) in [5, 5.41) is 0. The Labute approximate surface area is 138 Å². The van der Waals surface area contributed by atoms with Crippen molar-refractivity contribution in [3.8, 4) is 16.9 Å². The first kappa shape index (κ1) is 13.6. The van der Waals surface area contributed by atoms with E-state index < -0.39 is 0 Å². The molecule has 0 aromatic heterocycles. The lowest BCUT2D eigenvalue weighted by atomic mass is 9.82. The van der Waals surface area contributed by atoms with Gasteiger partial charge in [-0.1, -0.05) is 30.3 Å². The van der Waals surface area contributed by atoms with Gasteiger partial charge in [-0.15, -0.1) is 0 Å². The summed E-state index contributed by atoms with van der Waals surface area (Å²) in [6.45, 7) is 4.04. The molecule has 1 unspecified atom stereocenters. The van der Waals surface area contributed by atoms with Gasteiger partial charge in [-0.05, 0) is 48.4 Å². The molecule has 4 aliphatic rings. The van der Waals surface area contributed by atoms with Crippen molar-refractivity contribution >= 4 is 0 Å². The lowest BCUT2D eigenvalue weighted by Gasteiger charge is -2.53. The summed E-state index contributed by atoms with van der Waals surface area (Å²) in [6.07, 6.45) is 4.24. The largest absolute Gasteiger partial charge is 0.497 e. The second-order valence-electron chi connectivity index (χ2n) is 7.56. The predicted octanol–water partition coefficient (Wildman–Crippen LogP) is 4.40. The van der Waals surface area contributed by atoms with Crippen LogP contribution in [0.4, 0.5) is 0 Å². The van der Waals surface area contributed by atoms with Gasteiger partial charge in [-0.3, -0.25) is 0 Å². The fourth-order valence-electron chi connectivity index (χ4n) is 5.35. The molecule has 0 saturated carbocycles. The van der Waals surface area contributed by atoms with E-state index in [1.807, 2.05) is 0 Å². The van der Waals surface area contributed by atoms with Crippen molar-refractivity contribution in [1.29, 1.82) is 0 Å². The second kappa shape index (κ2) is 4.85. The molecular weight excluding hydrogens is 282 g/mol. The number of methoxy groups -OCH3 is 1. The van der Waals surface area contributed by atoms with Crippen LogP contribution in [0.25, 0.3) is 11.1 Å². The zero-order valence-electron chi connectivity index (χ0n) is 13.8. The molecular formula is C21H24NO+. The van der Waals surface area contributed by atoms with Gasteiger partial charge in [-0.2, -0.15) is 0 Å². The van der Waals surface area contributed by atoms with Crippen molar-refractivity contribution in [3.05, 3.63) is 53.6 Å². The maximum absolute atomic E-state index is 5.54. The number of rotatable bonds is 2. The molecule has 118 valence electrons. The number of hydrogen-bond donors (Lipinski definition) is 0. The molecule has 3 aliphatic heterocycles. The molecule has 0 N–H and O–H groups in total. The van der Waals surface area contributed by atoms with E-state index in [4.69, 9.17) is 4.74 Å². The quantitative estimate of drug-likeness (QED) is 0.747. The fraction of sp³-hybridized carbons (Fsp3) is 0.429. The normalized spacial score (nSPS) is 30.8. The topological polar surface area (TPSA) is 9.23 Å². The van der Waals surface area contributed by atoms with Gasteiger partial charge in [0.2, 0.25) is 0 Å². The summed E-state index contributed by atoms with van der Waals surface area (Å²) >= 11 is 0. The van der Waals surface area contributed by atoms with E-state index in [1.165, 1.54) is 65.6 Å². The lowest BCUT2D eigenvalue weighted by Crippen LogP contribution is -2.59. The van der Waals surface area contributed by atoms with Crippen LogP contribution in [-0.2, 0) is 0 Å². The van der Waals surface area contributed by atoms with Crippen LogP contribution in [0.1, 0.15) is 36.4 Å². The van der Waals surface area contributed by atoms with E-state index in [0.29, 0.717) is 6.04 Å². The molecule has 3 fully saturated rings. The monoisotopic (exact) mass is 306 g/mol.